The van der Waals surface area contributed by atoms with Gasteiger partial charge in [0.15, 0.2) is 5.11 Å². The van der Waals surface area contributed by atoms with Crippen LogP contribution in [0.2, 0.25) is 0 Å². The van der Waals surface area contributed by atoms with Gasteiger partial charge >= 0.3 is 5.97 Å². The fourth-order valence-electron chi connectivity index (χ4n) is 3.83. The number of anilines is 2. The molecule has 0 unspecified atom stereocenters. The van der Waals surface area contributed by atoms with Gasteiger partial charge in [-0.3, -0.25) is 19.3 Å². The summed E-state index contributed by atoms with van der Waals surface area (Å²) in [6.07, 6.45) is -0.161. The fraction of sp³-hybridized carbons (Fsp3) is 0.346. The number of thiocarbonyl (C=S) groups is 1. The van der Waals surface area contributed by atoms with Gasteiger partial charge in [-0.25, -0.2) is 4.79 Å². The molecule has 1 saturated heterocycles. The van der Waals surface area contributed by atoms with E-state index in [-0.39, 0.29) is 43.0 Å². The van der Waals surface area contributed by atoms with Crippen molar-refractivity contribution in [1.29, 1.82) is 0 Å². The van der Waals surface area contributed by atoms with Crippen molar-refractivity contribution >= 4 is 52.4 Å². The molecule has 1 atom stereocenters. The Morgan fingerprint density at radius 3 is 2.27 bits per heavy atom. The number of amides is 3. The fourth-order valence-corrected chi connectivity index (χ4v) is 4.24. The van der Waals surface area contributed by atoms with Crippen molar-refractivity contribution in [1.82, 2.24) is 10.2 Å². The van der Waals surface area contributed by atoms with Crippen LogP contribution in [-0.2, 0) is 19.1 Å². The van der Waals surface area contributed by atoms with Crippen LogP contribution in [0.4, 0.5) is 11.4 Å². The normalized spacial score (nSPS) is 14.9. The van der Waals surface area contributed by atoms with Gasteiger partial charge in [-0.2, -0.15) is 0 Å². The Balaban J connectivity index is 1.75. The summed E-state index contributed by atoms with van der Waals surface area (Å²) >= 11 is 5.62. The maximum Gasteiger partial charge on any atom is 0.338 e. The molecule has 3 rings (SSSR count). The first-order valence-corrected chi connectivity index (χ1v) is 12.3. The quantitative estimate of drug-likeness (QED) is 0.339. The molecule has 0 spiro atoms. The highest BCUT2D eigenvalue weighted by molar-refractivity contribution is 7.80. The second-order valence-corrected chi connectivity index (χ2v) is 8.49. The molecule has 1 heterocycles. The van der Waals surface area contributed by atoms with Gasteiger partial charge in [-0.1, -0.05) is 0 Å². The minimum atomic E-state index is -0.855. The Morgan fingerprint density at radius 1 is 1.00 bits per heavy atom. The molecule has 3 amide bonds. The highest BCUT2D eigenvalue weighted by atomic mass is 32.1. The van der Waals surface area contributed by atoms with E-state index in [9.17, 15) is 19.2 Å². The van der Waals surface area contributed by atoms with E-state index >= 15 is 0 Å². The predicted octanol–water partition coefficient (Wildman–Crippen LogP) is 2.73. The second-order valence-electron chi connectivity index (χ2n) is 8.13. The van der Waals surface area contributed by atoms with E-state index in [2.05, 4.69) is 10.6 Å². The maximum atomic E-state index is 13.5. The first kappa shape index (κ1) is 27.6. The summed E-state index contributed by atoms with van der Waals surface area (Å²) in [5.41, 5.74) is 1.39. The molecule has 2 aromatic rings. The molecule has 0 radical (unpaired) electrons. The Kier molecular flexibility index (Phi) is 9.56. The Hall–Kier alpha value is -3.99. The van der Waals surface area contributed by atoms with E-state index in [0.717, 1.165) is 0 Å². The second kappa shape index (κ2) is 12.8. The van der Waals surface area contributed by atoms with Crippen LogP contribution in [0.15, 0.2) is 48.5 Å². The van der Waals surface area contributed by atoms with Gasteiger partial charge in [-0.15, -0.1) is 0 Å². The molecule has 1 aliphatic rings. The third-order valence-electron chi connectivity index (χ3n) is 5.51. The number of benzene rings is 2. The molecule has 0 bridgehead atoms. The molecule has 1 fully saturated rings. The number of nitrogens with zero attached hydrogens (tertiary/aromatic N) is 2. The number of nitrogens with one attached hydrogen (secondary N) is 2. The van der Waals surface area contributed by atoms with Crippen LogP contribution in [0.1, 0.15) is 37.6 Å². The molecule has 10 nitrogen and oxygen atoms in total. The number of rotatable bonds is 11. The largest absolute Gasteiger partial charge is 0.494 e. The van der Waals surface area contributed by atoms with Crippen molar-refractivity contribution in [2.45, 2.75) is 33.2 Å². The lowest BCUT2D eigenvalue weighted by Crippen LogP contribution is -2.42. The average molecular weight is 527 g/mol. The third kappa shape index (κ3) is 7.04. The summed E-state index contributed by atoms with van der Waals surface area (Å²) in [4.78, 5) is 52.6. The first-order valence-electron chi connectivity index (χ1n) is 11.9. The summed E-state index contributed by atoms with van der Waals surface area (Å²) < 4.78 is 10.4. The first-order chi connectivity index (χ1) is 17.7. The highest BCUT2D eigenvalue weighted by Gasteiger charge is 2.43. The molecule has 0 aromatic heterocycles. The van der Waals surface area contributed by atoms with E-state index in [0.29, 0.717) is 29.3 Å². The van der Waals surface area contributed by atoms with Crippen LogP contribution in [-0.4, -0.2) is 66.0 Å². The minimum absolute atomic E-state index is 0.161. The Morgan fingerprint density at radius 2 is 1.68 bits per heavy atom. The summed E-state index contributed by atoms with van der Waals surface area (Å²) in [7, 11) is 0. The zero-order valence-electron chi connectivity index (χ0n) is 21.0. The smallest absolute Gasteiger partial charge is 0.338 e. The van der Waals surface area contributed by atoms with Crippen molar-refractivity contribution in [3.05, 3.63) is 54.1 Å². The Bertz CT molecular complexity index is 1150. The molecule has 0 aliphatic carbocycles. The van der Waals surface area contributed by atoms with E-state index in [1.807, 2.05) is 6.92 Å². The van der Waals surface area contributed by atoms with Gasteiger partial charge in [0.25, 0.3) is 5.91 Å². The van der Waals surface area contributed by atoms with Gasteiger partial charge in [0.1, 0.15) is 11.8 Å². The van der Waals surface area contributed by atoms with Crippen molar-refractivity contribution in [3.8, 4) is 5.75 Å². The molecule has 2 aromatic carbocycles. The Labute approximate surface area is 220 Å². The predicted molar refractivity (Wildman–Crippen MR) is 143 cm³/mol. The molecular formula is C26H30N4O6S. The van der Waals surface area contributed by atoms with E-state index in [4.69, 9.17) is 21.7 Å². The number of carbonyl (C=O) groups excluding carboxylic acids is 4. The average Bonchev–Trinajstić information content (AvgIpc) is 3.09. The van der Waals surface area contributed by atoms with Gasteiger partial charge in [0, 0.05) is 25.7 Å². The molecular weight excluding hydrogens is 496 g/mol. The summed E-state index contributed by atoms with van der Waals surface area (Å²) in [5, 5.41) is 5.70. The zero-order valence-corrected chi connectivity index (χ0v) is 21.8. The summed E-state index contributed by atoms with van der Waals surface area (Å²) in [5.74, 6) is -0.737. The molecule has 37 heavy (non-hydrogen) atoms. The van der Waals surface area contributed by atoms with Gasteiger partial charge < -0.3 is 25.0 Å². The molecule has 0 saturated carbocycles. The van der Waals surface area contributed by atoms with Crippen LogP contribution in [0, 0.1) is 0 Å². The van der Waals surface area contributed by atoms with E-state index < -0.39 is 17.9 Å². The van der Waals surface area contributed by atoms with Crippen LogP contribution in [0.25, 0.3) is 0 Å². The molecule has 11 heteroatoms. The van der Waals surface area contributed by atoms with Crippen LogP contribution in [0.3, 0.4) is 0 Å². The highest BCUT2D eigenvalue weighted by Crippen LogP contribution is 2.28. The molecule has 196 valence electrons. The van der Waals surface area contributed by atoms with Crippen molar-refractivity contribution in [2.75, 3.05) is 36.5 Å². The maximum absolute atomic E-state index is 13.5. The lowest BCUT2D eigenvalue weighted by atomic mass is 10.1. The zero-order chi connectivity index (χ0) is 26.9. The van der Waals surface area contributed by atoms with E-state index in [1.54, 1.807) is 60.4 Å². The van der Waals surface area contributed by atoms with Crippen LogP contribution < -0.4 is 20.3 Å². The van der Waals surface area contributed by atoms with Crippen LogP contribution >= 0.6 is 12.2 Å². The minimum Gasteiger partial charge on any atom is -0.494 e. The van der Waals surface area contributed by atoms with E-state index in [1.165, 1.54) is 11.8 Å². The number of ether oxygens (including phenoxy) is 2. The molecule has 1 aliphatic heterocycles. The number of esters is 1. The van der Waals surface area contributed by atoms with Gasteiger partial charge in [0.05, 0.1) is 30.9 Å². The third-order valence-corrected chi connectivity index (χ3v) is 5.93. The van der Waals surface area contributed by atoms with Crippen molar-refractivity contribution in [2.24, 2.45) is 0 Å². The topological polar surface area (TPSA) is 117 Å². The van der Waals surface area contributed by atoms with Crippen molar-refractivity contribution in [3.63, 3.8) is 0 Å². The van der Waals surface area contributed by atoms with Gasteiger partial charge in [0.2, 0.25) is 11.8 Å². The lowest BCUT2D eigenvalue weighted by Gasteiger charge is -2.24. The monoisotopic (exact) mass is 526 g/mol. The summed E-state index contributed by atoms with van der Waals surface area (Å²) in [6, 6.07) is 12.4. The van der Waals surface area contributed by atoms with Gasteiger partial charge in [-0.05, 0) is 74.6 Å². The van der Waals surface area contributed by atoms with Crippen molar-refractivity contribution < 1.29 is 28.7 Å². The summed E-state index contributed by atoms with van der Waals surface area (Å²) in [6.45, 7) is 6.29. The van der Waals surface area contributed by atoms with Crippen LogP contribution in [0.5, 0.6) is 5.75 Å². The number of carbonyl (C=O) groups is 4. The molecule has 2 N–H and O–H groups in total. The number of hydrogen-bond donors (Lipinski definition) is 2. The lowest BCUT2D eigenvalue weighted by molar-refractivity contribution is -0.124. The SMILES string of the molecule is CCOC(=O)c1ccc(NC(=O)C[C@@H]2C(=O)N(c3ccc(OCC)cc3)C(=S)N2CCNC(C)=O)cc1. The standard InChI is InChI=1S/C26H30N4O6S/c1-4-35-21-12-10-20(11-13-21)30-24(33)22(29(26(30)37)15-14-27-17(3)31)16-23(32)28-19-8-6-18(7-9-19)25(34)36-5-2/h6-13,22H,4-5,14-16H2,1-3H3,(H,27,31)(H,28,32)/t22-/m1/s1. The number of hydrogen-bond acceptors (Lipinski definition) is 7.